The topological polar surface area (TPSA) is 35.5 Å². The second-order valence-electron chi connectivity index (χ2n) is 5.63. The lowest BCUT2D eigenvalue weighted by Crippen LogP contribution is -2.48. The third kappa shape index (κ3) is 4.04. The molecule has 0 radical (unpaired) electrons. The quantitative estimate of drug-likeness (QED) is 0.745. The number of hydrogen-bond donors (Lipinski definition) is 2. The van der Waals surface area contributed by atoms with E-state index in [2.05, 4.69) is 38.0 Å². The van der Waals surface area contributed by atoms with Gasteiger partial charge in [-0.25, -0.2) is 0 Å². The highest BCUT2D eigenvalue weighted by molar-refractivity contribution is 4.82. The van der Waals surface area contributed by atoms with Crippen LogP contribution in [-0.4, -0.2) is 48.8 Å². The van der Waals surface area contributed by atoms with E-state index >= 15 is 0 Å². The fourth-order valence-electron chi connectivity index (χ4n) is 2.46. The van der Waals surface area contributed by atoms with Crippen LogP contribution in [0.4, 0.5) is 0 Å². The van der Waals surface area contributed by atoms with Crippen LogP contribution < -0.4 is 5.32 Å². The van der Waals surface area contributed by atoms with Crippen molar-refractivity contribution in [3.05, 3.63) is 0 Å². The molecule has 0 aliphatic carbocycles. The van der Waals surface area contributed by atoms with Crippen LogP contribution in [0.15, 0.2) is 0 Å². The molecule has 0 bridgehead atoms. The minimum Gasteiger partial charge on any atom is -0.395 e. The van der Waals surface area contributed by atoms with Crippen LogP contribution >= 0.6 is 0 Å². The second kappa shape index (κ2) is 6.58. The van der Waals surface area contributed by atoms with Crippen LogP contribution in [0.2, 0.25) is 0 Å². The standard InChI is InChI=1S/C13H28N2O/c1-10(2)13(9-16)14-11(3)12-5-7-15(4)8-6-12/h10-14,16H,5-9H2,1-4H3/t11?,13-/m1/s1. The number of rotatable bonds is 5. The zero-order valence-electron chi connectivity index (χ0n) is 11.2. The first-order valence-corrected chi connectivity index (χ1v) is 6.60. The molecule has 0 saturated carbocycles. The molecule has 0 spiro atoms. The highest BCUT2D eigenvalue weighted by atomic mass is 16.3. The number of aliphatic hydroxyl groups is 1. The van der Waals surface area contributed by atoms with Crippen molar-refractivity contribution in [2.75, 3.05) is 26.7 Å². The van der Waals surface area contributed by atoms with Crippen LogP contribution in [0.25, 0.3) is 0 Å². The molecule has 0 aromatic carbocycles. The van der Waals surface area contributed by atoms with E-state index in [0.29, 0.717) is 12.0 Å². The third-order valence-electron chi connectivity index (χ3n) is 3.95. The molecular weight excluding hydrogens is 200 g/mol. The second-order valence-corrected chi connectivity index (χ2v) is 5.63. The Labute approximate surface area is 100 Å². The van der Waals surface area contributed by atoms with E-state index in [0.717, 1.165) is 5.92 Å². The number of likely N-dealkylation sites (tertiary alicyclic amines) is 1. The van der Waals surface area contributed by atoms with Crippen LogP contribution in [0, 0.1) is 11.8 Å². The molecule has 1 fully saturated rings. The molecule has 2 atom stereocenters. The first-order valence-electron chi connectivity index (χ1n) is 6.60. The largest absolute Gasteiger partial charge is 0.395 e. The molecule has 1 saturated heterocycles. The number of piperidine rings is 1. The van der Waals surface area contributed by atoms with Gasteiger partial charge < -0.3 is 15.3 Å². The van der Waals surface area contributed by atoms with Crippen molar-refractivity contribution >= 4 is 0 Å². The fraction of sp³-hybridized carbons (Fsp3) is 1.00. The molecule has 1 rings (SSSR count). The summed E-state index contributed by atoms with van der Waals surface area (Å²) >= 11 is 0. The van der Waals surface area contributed by atoms with Gasteiger partial charge in [0.25, 0.3) is 0 Å². The Hall–Kier alpha value is -0.120. The van der Waals surface area contributed by atoms with Gasteiger partial charge in [-0.05, 0) is 51.7 Å². The van der Waals surface area contributed by atoms with Gasteiger partial charge >= 0.3 is 0 Å². The molecule has 0 aromatic heterocycles. The van der Waals surface area contributed by atoms with Gasteiger partial charge in [0.1, 0.15) is 0 Å². The van der Waals surface area contributed by atoms with Crippen LogP contribution in [0.3, 0.4) is 0 Å². The number of hydrogen-bond acceptors (Lipinski definition) is 3. The SMILES string of the molecule is CC(N[C@H](CO)C(C)C)C1CCN(C)CC1. The van der Waals surface area contributed by atoms with E-state index in [-0.39, 0.29) is 12.6 Å². The maximum atomic E-state index is 9.32. The smallest absolute Gasteiger partial charge is 0.0587 e. The first kappa shape index (κ1) is 13.9. The summed E-state index contributed by atoms with van der Waals surface area (Å²) < 4.78 is 0. The minimum atomic E-state index is 0.245. The summed E-state index contributed by atoms with van der Waals surface area (Å²) in [6, 6.07) is 0.767. The van der Waals surface area contributed by atoms with Gasteiger partial charge in [-0.1, -0.05) is 13.8 Å². The van der Waals surface area contributed by atoms with Crippen molar-refractivity contribution in [1.29, 1.82) is 0 Å². The molecular formula is C13H28N2O. The molecule has 2 N–H and O–H groups in total. The summed E-state index contributed by atoms with van der Waals surface area (Å²) in [6.07, 6.45) is 2.56. The van der Waals surface area contributed by atoms with E-state index in [1.165, 1.54) is 25.9 Å². The zero-order chi connectivity index (χ0) is 12.1. The lowest BCUT2D eigenvalue weighted by Gasteiger charge is -2.35. The van der Waals surface area contributed by atoms with E-state index in [1.807, 2.05) is 0 Å². The summed E-state index contributed by atoms with van der Waals surface area (Å²) in [5.74, 6) is 1.27. The van der Waals surface area contributed by atoms with Crippen molar-refractivity contribution in [3.8, 4) is 0 Å². The number of nitrogens with one attached hydrogen (secondary N) is 1. The molecule has 1 aliphatic rings. The average molecular weight is 228 g/mol. The van der Waals surface area contributed by atoms with Crippen molar-refractivity contribution in [2.24, 2.45) is 11.8 Å². The first-order chi connectivity index (χ1) is 7.54. The lowest BCUT2D eigenvalue weighted by atomic mass is 9.89. The highest BCUT2D eigenvalue weighted by Crippen LogP contribution is 2.20. The highest BCUT2D eigenvalue weighted by Gasteiger charge is 2.24. The Morgan fingerprint density at radius 2 is 1.81 bits per heavy atom. The van der Waals surface area contributed by atoms with E-state index in [1.54, 1.807) is 0 Å². The molecule has 16 heavy (non-hydrogen) atoms. The van der Waals surface area contributed by atoms with Gasteiger partial charge in [-0.15, -0.1) is 0 Å². The van der Waals surface area contributed by atoms with Crippen molar-refractivity contribution < 1.29 is 5.11 Å². The maximum Gasteiger partial charge on any atom is 0.0587 e. The molecule has 0 amide bonds. The van der Waals surface area contributed by atoms with Gasteiger partial charge in [-0.2, -0.15) is 0 Å². The summed E-state index contributed by atoms with van der Waals surface area (Å²) in [7, 11) is 2.19. The third-order valence-corrected chi connectivity index (χ3v) is 3.95. The Morgan fingerprint density at radius 1 is 1.25 bits per heavy atom. The van der Waals surface area contributed by atoms with Gasteiger partial charge in [-0.3, -0.25) is 0 Å². The molecule has 3 nitrogen and oxygen atoms in total. The van der Waals surface area contributed by atoms with Crippen LogP contribution in [0.5, 0.6) is 0 Å². The lowest BCUT2D eigenvalue weighted by molar-refractivity contribution is 0.153. The van der Waals surface area contributed by atoms with Gasteiger partial charge in [0, 0.05) is 12.1 Å². The van der Waals surface area contributed by atoms with Crippen molar-refractivity contribution in [1.82, 2.24) is 10.2 Å². The van der Waals surface area contributed by atoms with E-state index in [4.69, 9.17) is 0 Å². The van der Waals surface area contributed by atoms with E-state index in [9.17, 15) is 5.11 Å². The molecule has 3 heteroatoms. The monoisotopic (exact) mass is 228 g/mol. The van der Waals surface area contributed by atoms with Crippen molar-refractivity contribution in [2.45, 2.75) is 45.7 Å². The van der Waals surface area contributed by atoms with Crippen molar-refractivity contribution in [3.63, 3.8) is 0 Å². The Balaban J connectivity index is 2.36. The normalized spacial score (nSPS) is 23.6. The van der Waals surface area contributed by atoms with Gasteiger partial charge in [0.2, 0.25) is 0 Å². The molecule has 1 unspecified atom stereocenters. The van der Waals surface area contributed by atoms with Gasteiger partial charge in [0.15, 0.2) is 0 Å². The Morgan fingerprint density at radius 3 is 2.25 bits per heavy atom. The molecule has 1 heterocycles. The Kier molecular flexibility index (Phi) is 5.73. The number of aliphatic hydroxyl groups excluding tert-OH is 1. The average Bonchev–Trinajstić information content (AvgIpc) is 2.26. The van der Waals surface area contributed by atoms with E-state index < -0.39 is 0 Å². The predicted molar refractivity (Wildman–Crippen MR) is 68.5 cm³/mol. The summed E-state index contributed by atoms with van der Waals surface area (Å²) in [4.78, 5) is 2.40. The van der Waals surface area contributed by atoms with Crippen LogP contribution in [0.1, 0.15) is 33.6 Å². The summed E-state index contributed by atoms with van der Waals surface area (Å²) in [5.41, 5.74) is 0. The molecule has 96 valence electrons. The Bertz CT molecular complexity index is 188. The maximum absolute atomic E-state index is 9.32. The zero-order valence-corrected chi connectivity index (χ0v) is 11.2. The number of nitrogens with zero attached hydrogens (tertiary/aromatic N) is 1. The van der Waals surface area contributed by atoms with Gasteiger partial charge in [0.05, 0.1) is 6.61 Å². The summed E-state index contributed by atoms with van der Waals surface area (Å²) in [5, 5.41) is 12.9. The molecule has 0 aromatic rings. The molecule has 1 aliphatic heterocycles. The predicted octanol–water partition coefficient (Wildman–Crippen LogP) is 1.32. The fourth-order valence-corrected chi connectivity index (χ4v) is 2.46. The van der Waals surface area contributed by atoms with Crippen LogP contribution in [-0.2, 0) is 0 Å². The summed E-state index contributed by atoms with van der Waals surface area (Å²) in [6.45, 7) is 9.25. The minimum absolute atomic E-state index is 0.245.